The number of carbonyl (C=O) groups is 1. The number of nitrogens with zero attached hydrogens (tertiary/aromatic N) is 1. The molecule has 2 rings (SSSR count). The van der Waals surface area contributed by atoms with Gasteiger partial charge in [-0.15, -0.1) is 0 Å². The molecule has 1 fully saturated rings. The predicted octanol–water partition coefficient (Wildman–Crippen LogP) is 2.31. The van der Waals surface area contributed by atoms with Crippen molar-refractivity contribution in [1.82, 2.24) is 4.90 Å². The van der Waals surface area contributed by atoms with Gasteiger partial charge in [-0.2, -0.15) is 11.8 Å². The summed E-state index contributed by atoms with van der Waals surface area (Å²) in [6.07, 6.45) is 0. The predicted molar refractivity (Wildman–Crippen MR) is 70.4 cm³/mol. The number of thioether (sulfide) groups is 1. The van der Waals surface area contributed by atoms with Gasteiger partial charge in [0.15, 0.2) is 0 Å². The van der Waals surface area contributed by atoms with E-state index < -0.39 is 17.8 Å². The summed E-state index contributed by atoms with van der Waals surface area (Å²) in [5.74, 6) is 0.388. The van der Waals surface area contributed by atoms with Gasteiger partial charge in [-0.3, -0.25) is 9.69 Å². The van der Waals surface area contributed by atoms with Crippen LogP contribution in [-0.2, 0) is 4.79 Å². The van der Waals surface area contributed by atoms with Crippen LogP contribution >= 0.6 is 11.8 Å². The van der Waals surface area contributed by atoms with Gasteiger partial charge in [-0.1, -0.05) is 12.1 Å². The van der Waals surface area contributed by atoms with Crippen LogP contribution in [0.3, 0.4) is 0 Å². The third kappa shape index (κ3) is 2.84. The van der Waals surface area contributed by atoms with Crippen molar-refractivity contribution in [1.29, 1.82) is 0 Å². The molecular weight excluding hydrogens is 253 g/mol. The van der Waals surface area contributed by atoms with Crippen LogP contribution in [0.5, 0.6) is 0 Å². The van der Waals surface area contributed by atoms with Crippen molar-refractivity contribution in [2.45, 2.75) is 13.0 Å². The number of hydrogen-bond donors (Lipinski definition) is 1. The van der Waals surface area contributed by atoms with Crippen LogP contribution in [0.25, 0.3) is 0 Å². The Kier molecular flexibility index (Phi) is 4.24. The topological polar surface area (TPSA) is 40.5 Å². The van der Waals surface area contributed by atoms with E-state index in [0.29, 0.717) is 13.1 Å². The normalized spacial score (nSPS) is 18.6. The third-order valence-corrected chi connectivity index (χ3v) is 4.04. The lowest BCUT2D eigenvalue weighted by molar-refractivity contribution is -0.143. The van der Waals surface area contributed by atoms with Crippen molar-refractivity contribution in [2.24, 2.45) is 0 Å². The van der Waals surface area contributed by atoms with Crippen LogP contribution in [0.4, 0.5) is 4.39 Å². The molecule has 1 saturated heterocycles. The molecule has 1 aromatic carbocycles. The molecule has 18 heavy (non-hydrogen) atoms. The van der Waals surface area contributed by atoms with Crippen molar-refractivity contribution in [3.8, 4) is 0 Å². The zero-order valence-electron chi connectivity index (χ0n) is 10.2. The average Bonchev–Trinajstić information content (AvgIpc) is 2.33. The van der Waals surface area contributed by atoms with Gasteiger partial charge in [-0.05, 0) is 18.6 Å². The molecule has 1 atom stereocenters. The summed E-state index contributed by atoms with van der Waals surface area (Å²) in [7, 11) is 0. The maximum absolute atomic E-state index is 13.9. The van der Waals surface area contributed by atoms with E-state index in [4.69, 9.17) is 0 Å². The lowest BCUT2D eigenvalue weighted by Crippen LogP contribution is -2.40. The van der Waals surface area contributed by atoms with Gasteiger partial charge in [0, 0.05) is 30.2 Å². The van der Waals surface area contributed by atoms with Crippen LogP contribution in [0.1, 0.15) is 17.2 Å². The average molecular weight is 269 g/mol. The highest BCUT2D eigenvalue weighted by Crippen LogP contribution is 2.27. The molecule has 0 saturated carbocycles. The minimum Gasteiger partial charge on any atom is -0.480 e. The van der Waals surface area contributed by atoms with Crippen LogP contribution in [-0.4, -0.2) is 40.6 Å². The Balaban J connectivity index is 2.31. The molecule has 0 amide bonds. The molecule has 0 aromatic heterocycles. The second kappa shape index (κ2) is 5.71. The van der Waals surface area contributed by atoms with Crippen LogP contribution in [0.2, 0.25) is 0 Å². The second-order valence-corrected chi connectivity index (χ2v) is 5.64. The molecule has 1 aliphatic heterocycles. The quantitative estimate of drug-likeness (QED) is 0.914. The Labute approximate surface area is 110 Å². The number of aryl methyl sites for hydroxylation is 1. The van der Waals surface area contributed by atoms with Gasteiger partial charge in [0.05, 0.1) is 0 Å². The summed E-state index contributed by atoms with van der Waals surface area (Å²) >= 11 is 1.80. The molecule has 3 nitrogen and oxygen atoms in total. The third-order valence-electron chi connectivity index (χ3n) is 3.10. The maximum Gasteiger partial charge on any atom is 0.325 e. The Morgan fingerprint density at radius 1 is 1.44 bits per heavy atom. The van der Waals surface area contributed by atoms with Gasteiger partial charge >= 0.3 is 5.97 Å². The number of benzene rings is 1. The van der Waals surface area contributed by atoms with Crippen LogP contribution in [0, 0.1) is 12.7 Å². The summed E-state index contributed by atoms with van der Waals surface area (Å²) in [5.41, 5.74) is 1.06. The SMILES string of the molecule is Cc1ccc([C@H](C(=O)O)N2CCSCC2)c(F)c1. The minimum absolute atomic E-state index is 0.264. The van der Waals surface area contributed by atoms with Gasteiger partial charge in [0.25, 0.3) is 0 Å². The summed E-state index contributed by atoms with van der Waals surface area (Å²) in [6.45, 7) is 3.17. The molecule has 0 bridgehead atoms. The van der Waals surface area contributed by atoms with Crippen LogP contribution in [0.15, 0.2) is 18.2 Å². The van der Waals surface area contributed by atoms with Crippen molar-refractivity contribution in [3.05, 3.63) is 35.1 Å². The van der Waals surface area contributed by atoms with Crippen molar-refractivity contribution >= 4 is 17.7 Å². The fourth-order valence-electron chi connectivity index (χ4n) is 2.18. The number of carboxylic acids is 1. The molecule has 0 radical (unpaired) electrons. The van der Waals surface area contributed by atoms with E-state index in [9.17, 15) is 14.3 Å². The summed E-state index contributed by atoms with van der Waals surface area (Å²) in [4.78, 5) is 13.3. The Morgan fingerprint density at radius 3 is 2.67 bits per heavy atom. The Hall–Kier alpha value is -1.07. The van der Waals surface area contributed by atoms with Crippen molar-refractivity contribution in [2.75, 3.05) is 24.6 Å². The Morgan fingerprint density at radius 2 is 2.11 bits per heavy atom. The molecule has 1 aromatic rings. The molecule has 0 unspecified atom stereocenters. The number of carboxylic acid groups (broad SMARTS) is 1. The maximum atomic E-state index is 13.9. The standard InChI is InChI=1S/C13H16FNO2S/c1-9-2-3-10(11(14)8-9)12(13(16)17)15-4-6-18-7-5-15/h2-3,8,12H,4-7H2,1H3,(H,16,17)/t12-/m1/s1. The van der Waals surface area contributed by atoms with Gasteiger partial charge in [0.2, 0.25) is 0 Å². The molecule has 0 aliphatic carbocycles. The number of hydrogen-bond acceptors (Lipinski definition) is 3. The monoisotopic (exact) mass is 269 g/mol. The van der Waals surface area contributed by atoms with E-state index in [2.05, 4.69) is 0 Å². The van der Waals surface area contributed by atoms with E-state index in [1.807, 2.05) is 4.90 Å². The second-order valence-electron chi connectivity index (χ2n) is 4.41. The van der Waals surface area contributed by atoms with Gasteiger partial charge < -0.3 is 5.11 Å². The Bertz CT molecular complexity index is 447. The highest BCUT2D eigenvalue weighted by molar-refractivity contribution is 7.99. The molecule has 1 heterocycles. The van der Waals surface area contributed by atoms with E-state index in [0.717, 1.165) is 17.1 Å². The summed E-state index contributed by atoms with van der Waals surface area (Å²) in [5, 5.41) is 9.36. The van der Waals surface area contributed by atoms with Gasteiger partial charge in [-0.25, -0.2) is 4.39 Å². The fraction of sp³-hybridized carbons (Fsp3) is 0.462. The molecule has 1 N–H and O–H groups in total. The highest BCUT2D eigenvalue weighted by Gasteiger charge is 2.30. The lowest BCUT2D eigenvalue weighted by atomic mass is 10.0. The van der Waals surface area contributed by atoms with E-state index in [-0.39, 0.29) is 5.56 Å². The highest BCUT2D eigenvalue weighted by atomic mass is 32.2. The first-order valence-electron chi connectivity index (χ1n) is 5.90. The largest absolute Gasteiger partial charge is 0.480 e. The minimum atomic E-state index is -0.982. The molecule has 98 valence electrons. The van der Waals surface area contributed by atoms with E-state index in [1.165, 1.54) is 6.07 Å². The van der Waals surface area contributed by atoms with E-state index >= 15 is 0 Å². The molecule has 0 spiro atoms. The summed E-state index contributed by atoms with van der Waals surface area (Å²) in [6, 6.07) is 3.87. The zero-order chi connectivity index (χ0) is 13.1. The number of aliphatic carboxylic acids is 1. The number of rotatable bonds is 3. The van der Waals surface area contributed by atoms with Gasteiger partial charge in [0.1, 0.15) is 11.9 Å². The lowest BCUT2D eigenvalue weighted by Gasteiger charge is -2.32. The first-order valence-corrected chi connectivity index (χ1v) is 7.05. The fourth-order valence-corrected chi connectivity index (χ4v) is 3.11. The molecule has 1 aliphatic rings. The summed E-state index contributed by atoms with van der Waals surface area (Å²) < 4.78 is 13.9. The van der Waals surface area contributed by atoms with Crippen molar-refractivity contribution in [3.63, 3.8) is 0 Å². The van der Waals surface area contributed by atoms with Crippen molar-refractivity contribution < 1.29 is 14.3 Å². The smallest absolute Gasteiger partial charge is 0.325 e. The zero-order valence-corrected chi connectivity index (χ0v) is 11.0. The first kappa shape index (κ1) is 13.4. The van der Waals surface area contributed by atoms with E-state index in [1.54, 1.807) is 30.8 Å². The number of halogens is 1. The molecular formula is C13H16FNO2S. The first-order chi connectivity index (χ1) is 8.59. The molecule has 5 heteroatoms. The van der Waals surface area contributed by atoms with Crippen LogP contribution < -0.4 is 0 Å².